The summed E-state index contributed by atoms with van der Waals surface area (Å²) in [6.07, 6.45) is 3.40. The van der Waals surface area contributed by atoms with Crippen molar-refractivity contribution in [3.63, 3.8) is 0 Å². The lowest BCUT2D eigenvalue weighted by atomic mass is 9.79. The molecule has 2 aliphatic heterocycles. The van der Waals surface area contributed by atoms with Crippen LogP contribution in [0.25, 0.3) is 22.0 Å². The van der Waals surface area contributed by atoms with Crippen LogP contribution in [0.1, 0.15) is 42.7 Å². The number of aromatic nitrogens is 2. The van der Waals surface area contributed by atoms with Crippen LogP contribution in [0.4, 0.5) is 14.5 Å². The smallest absolute Gasteiger partial charge is 0.270 e. The molecule has 6 rings (SSSR count). The van der Waals surface area contributed by atoms with E-state index in [1.54, 1.807) is 12.3 Å². The summed E-state index contributed by atoms with van der Waals surface area (Å²) < 4.78 is 33.1. The van der Waals surface area contributed by atoms with Crippen LogP contribution in [-0.2, 0) is 15.0 Å². The van der Waals surface area contributed by atoms with E-state index in [2.05, 4.69) is 21.5 Å². The second-order valence-corrected chi connectivity index (χ2v) is 11.6. The minimum Gasteiger partial charge on any atom is -0.364 e. The highest BCUT2D eigenvalue weighted by Crippen LogP contribution is 2.48. The molecule has 2 N–H and O–H groups in total. The van der Waals surface area contributed by atoms with E-state index in [9.17, 15) is 28.4 Å². The van der Waals surface area contributed by atoms with Gasteiger partial charge in [-0.3, -0.25) is 14.4 Å². The van der Waals surface area contributed by atoms with Gasteiger partial charge in [0.1, 0.15) is 35.7 Å². The highest BCUT2D eigenvalue weighted by Gasteiger charge is 2.57. The van der Waals surface area contributed by atoms with Gasteiger partial charge in [0.25, 0.3) is 5.91 Å². The van der Waals surface area contributed by atoms with Crippen molar-refractivity contribution < 1.29 is 27.7 Å². The number of H-pyrrole nitrogens is 1. The average molecular weight is 587 g/mol. The maximum atomic E-state index is 14.3. The molecule has 12 heteroatoms. The van der Waals surface area contributed by atoms with Crippen LogP contribution in [0.2, 0.25) is 0 Å². The van der Waals surface area contributed by atoms with Crippen molar-refractivity contribution in [1.82, 2.24) is 19.9 Å². The summed E-state index contributed by atoms with van der Waals surface area (Å²) >= 11 is 0. The fourth-order valence-corrected chi connectivity index (χ4v) is 6.22. The molecule has 10 nitrogen and oxygen atoms in total. The molecule has 220 valence electrons. The lowest BCUT2D eigenvalue weighted by Crippen LogP contribution is -2.52. The maximum Gasteiger partial charge on any atom is 0.270 e. The fourth-order valence-electron chi connectivity index (χ4n) is 6.22. The Kier molecular flexibility index (Phi) is 6.76. The number of carbonyl (C=O) groups is 3. The Morgan fingerprint density at radius 2 is 2.02 bits per heavy atom. The number of aromatic amines is 1. The van der Waals surface area contributed by atoms with Crippen molar-refractivity contribution >= 4 is 34.3 Å². The zero-order chi connectivity index (χ0) is 30.6. The number of hydrogen-bond donors (Lipinski definition) is 2. The summed E-state index contributed by atoms with van der Waals surface area (Å²) in [5.41, 5.74) is 1.70. The number of benzene rings is 2. The predicted molar refractivity (Wildman–Crippen MR) is 152 cm³/mol. The van der Waals surface area contributed by atoms with E-state index in [1.165, 1.54) is 29.2 Å². The molecular weight excluding hydrogens is 558 g/mol. The topological polar surface area (TPSA) is 135 Å². The molecule has 4 aromatic rings. The van der Waals surface area contributed by atoms with Gasteiger partial charge < -0.3 is 24.6 Å². The number of likely N-dealkylation sites (N-methyl/N-ethyl adjacent to an activating group) is 1. The second-order valence-electron chi connectivity index (χ2n) is 11.6. The van der Waals surface area contributed by atoms with Gasteiger partial charge in [0.05, 0.1) is 23.2 Å². The number of amides is 3. The van der Waals surface area contributed by atoms with E-state index < -0.39 is 40.9 Å². The first-order valence-corrected chi connectivity index (χ1v) is 13.8. The van der Waals surface area contributed by atoms with E-state index >= 15 is 0 Å². The highest BCUT2D eigenvalue weighted by atomic mass is 19.1. The average Bonchev–Trinajstić information content (AvgIpc) is 3.77. The van der Waals surface area contributed by atoms with Crippen molar-refractivity contribution in [2.24, 2.45) is 5.92 Å². The second kappa shape index (κ2) is 10.3. The van der Waals surface area contributed by atoms with Crippen LogP contribution in [0.3, 0.4) is 0 Å². The van der Waals surface area contributed by atoms with Gasteiger partial charge >= 0.3 is 0 Å². The van der Waals surface area contributed by atoms with E-state index in [0.717, 1.165) is 23.3 Å². The van der Waals surface area contributed by atoms with Gasteiger partial charge in [-0.15, -0.1) is 0 Å². The summed E-state index contributed by atoms with van der Waals surface area (Å²) in [5, 5.41) is 16.8. The molecule has 1 fully saturated rings. The number of likely N-dealkylation sites (tertiary alicyclic amines) is 1. The largest absolute Gasteiger partial charge is 0.364 e. The lowest BCUT2D eigenvalue weighted by Gasteiger charge is -2.33. The van der Waals surface area contributed by atoms with Gasteiger partial charge in [0, 0.05) is 42.7 Å². The Balaban J connectivity index is 1.33. The molecule has 43 heavy (non-hydrogen) atoms. The van der Waals surface area contributed by atoms with Crippen molar-refractivity contribution in [3.8, 4) is 17.2 Å². The molecule has 4 heterocycles. The third-order valence-corrected chi connectivity index (χ3v) is 8.42. The molecule has 0 aliphatic carbocycles. The van der Waals surface area contributed by atoms with Crippen molar-refractivity contribution in [2.75, 3.05) is 18.9 Å². The first-order chi connectivity index (χ1) is 20.5. The summed E-state index contributed by atoms with van der Waals surface area (Å²) in [7, 11) is 1.46. The molecule has 0 unspecified atom stereocenters. The number of nitriles is 1. The summed E-state index contributed by atoms with van der Waals surface area (Å²) in [6, 6.07) is 8.84. The van der Waals surface area contributed by atoms with Crippen LogP contribution >= 0.6 is 0 Å². The third-order valence-electron chi connectivity index (χ3n) is 8.42. The van der Waals surface area contributed by atoms with E-state index in [4.69, 9.17) is 4.52 Å². The molecule has 0 radical (unpaired) electrons. The number of rotatable bonds is 6. The Labute approximate surface area is 245 Å². The molecule has 1 spiro atoms. The van der Waals surface area contributed by atoms with Crippen LogP contribution in [-0.4, -0.2) is 63.3 Å². The number of halogens is 2. The number of fused-ring (bicyclic) bond motifs is 3. The summed E-state index contributed by atoms with van der Waals surface area (Å²) in [4.78, 5) is 46.7. The van der Waals surface area contributed by atoms with E-state index in [-0.39, 0.29) is 47.8 Å². The minimum atomic E-state index is -1.16. The number of nitrogens with zero attached hydrogens (tertiary/aromatic N) is 4. The number of hydrogen-bond acceptors (Lipinski definition) is 6. The van der Waals surface area contributed by atoms with E-state index in [0.29, 0.717) is 11.3 Å². The summed E-state index contributed by atoms with van der Waals surface area (Å²) in [5.74, 6) is -3.00. The van der Waals surface area contributed by atoms with Crippen LogP contribution < -0.4 is 5.32 Å². The van der Waals surface area contributed by atoms with Gasteiger partial charge in [-0.25, -0.2) is 8.78 Å². The lowest BCUT2D eigenvalue weighted by molar-refractivity contribution is -0.136. The third kappa shape index (κ3) is 4.61. The van der Waals surface area contributed by atoms with Crippen LogP contribution in [0.5, 0.6) is 0 Å². The van der Waals surface area contributed by atoms with Gasteiger partial charge in [0.2, 0.25) is 11.8 Å². The van der Waals surface area contributed by atoms with Gasteiger partial charge in [-0.2, -0.15) is 5.26 Å². The molecule has 2 aromatic heterocycles. The molecular formula is C31H28F2N6O4. The van der Waals surface area contributed by atoms with Gasteiger partial charge in [-0.1, -0.05) is 25.1 Å². The quantitative estimate of drug-likeness (QED) is 0.339. The molecule has 3 amide bonds. The molecule has 1 saturated heterocycles. The predicted octanol–water partition coefficient (Wildman–Crippen LogP) is 4.60. The highest BCUT2D eigenvalue weighted by molar-refractivity contribution is 6.08. The van der Waals surface area contributed by atoms with Crippen molar-refractivity contribution in [1.29, 1.82) is 5.26 Å². The normalized spacial score (nSPS) is 20.0. The Morgan fingerprint density at radius 1 is 1.23 bits per heavy atom. The zero-order valence-corrected chi connectivity index (χ0v) is 23.6. The summed E-state index contributed by atoms with van der Waals surface area (Å²) in [6.45, 7) is 3.75. The van der Waals surface area contributed by atoms with Crippen LogP contribution in [0, 0.1) is 28.9 Å². The molecule has 3 atom stereocenters. The number of anilines is 1. The number of carbonyl (C=O) groups excluding carboxylic acids is 3. The van der Waals surface area contributed by atoms with Gasteiger partial charge in [-0.05, 0) is 47.7 Å². The monoisotopic (exact) mass is 586 g/mol. The Morgan fingerprint density at radius 3 is 2.72 bits per heavy atom. The minimum absolute atomic E-state index is 0.0105. The Hall–Kier alpha value is -5.05. The molecule has 2 aliphatic rings. The Bertz CT molecular complexity index is 1810. The SMILES string of the molecule is CC(C)C[C@@H](C(=O)N1C[C@]2(C[C@H]1C#N)C(=O)Nc1ccc(-c3cnoc3)cc12)N(C)C(=O)c1cc2c(F)cc(F)cc2[nH]1. The van der Waals surface area contributed by atoms with Crippen molar-refractivity contribution in [2.45, 2.75) is 44.2 Å². The fraction of sp³-hybridized carbons (Fsp3) is 0.323. The molecule has 0 saturated carbocycles. The van der Waals surface area contributed by atoms with E-state index in [1.807, 2.05) is 26.0 Å². The molecule has 0 bridgehead atoms. The number of nitrogens with one attached hydrogen (secondary N) is 2. The first kappa shape index (κ1) is 28.1. The first-order valence-electron chi connectivity index (χ1n) is 13.8. The van der Waals surface area contributed by atoms with Crippen LogP contribution in [0.15, 0.2) is 53.4 Å². The molecule has 2 aromatic carbocycles. The standard InChI is InChI=1S/C31H28F2N6O4/c1-16(2)6-27(38(3)28(40)26-10-21-23(33)8-19(32)9-25(21)36-26)29(41)39-15-31(11-20(39)12-34)22-7-17(18-13-35-43-14-18)4-5-24(22)37-30(31)42/h4-5,7-10,13-14,16,20,27,36H,6,11,15H2,1-3H3,(H,37,42)/t20-,27-,31-/m0/s1. The zero-order valence-electron chi connectivity index (χ0n) is 23.6. The van der Waals surface area contributed by atoms with Crippen molar-refractivity contribution in [3.05, 3.63) is 71.8 Å². The maximum absolute atomic E-state index is 14.3. The van der Waals surface area contributed by atoms with Gasteiger partial charge in [0.15, 0.2) is 0 Å².